The summed E-state index contributed by atoms with van der Waals surface area (Å²) < 4.78 is 15.9. The Kier molecular flexibility index (Phi) is 6.59. The summed E-state index contributed by atoms with van der Waals surface area (Å²) in [4.78, 5) is 28.8. The lowest BCUT2D eigenvalue weighted by Crippen LogP contribution is -2.49. The largest absolute Gasteiger partial charge is 0.497 e. The van der Waals surface area contributed by atoms with Gasteiger partial charge in [0.2, 0.25) is 0 Å². The van der Waals surface area contributed by atoms with Crippen LogP contribution in [0.15, 0.2) is 59.5 Å². The van der Waals surface area contributed by atoms with E-state index in [1.54, 1.807) is 31.5 Å². The molecule has 1 aromatic heterocycles. The maximum atomic E-state index is 12.5. The Morgan fingerprint density at radius 3 is 2.55 bits per heavy atom. The van der Waals surface area contributed by atoms with Gasteiger partial charge in [-0.1, -0.05) is 12.1 Å². The number of ether oxygens (including phenoxy) is 2. The Bertz CT molecular complexity index is 1060. The van der Waals surface area contributed by atoms with Crippen LogP contribution in [0.25, 0.3) is 11.3 Å². The number of hydrogen-bond donors (Lipinski definition) is 2. The van der Waals surface area contributed by atoms with Gasteiger partial charge >= 0.3 is 11.8 Å². The highest BCUT2D eigenvalue weighted by Crippen LogP contribution is 2.32. The number of oxazole rings is 1. The first-order chi connectivity index (χ1) is 14.8. The van der Waals surface area contributed by atoms with Gasteiger partial charge in [0.1, 0.15) is 11.5 Å². The highest BCUT2D eigenvalue weighted by molar-refractivity contribution is 6.39. The number of nitrogens with one attached hydrogen (secondary N) is 2. The van der Waals surface area contributed by atoms with E-state index < -0.39 is 17.4 Å². The molecule has 0 unspecified atom stereocenters. The van der Waals surface area contributed by atoms with E-state index in [9.17, 15) is 9.59 Å². The highest BCUT2D eigenvalue weighted by atomic mass is 16.5. The smallest absolute Gasteiger partial charge is 0.313 e. The molecule has 8 nitrogen and oxygen atoms in total. The molecule has 3 rings (SSSR count). The molecule has 2 aromatic carbocycles. The Morgan fingerprint density at radius 2 is 1.87 bits per heavy atom. The summed E-state index contributed by atoms with van der Waals surface area (Å²) in [5.41, 5.74) is 1.44. The number of hydrogen-bond acceptors (Lipinski definition) is 6. The van der Waals surface area contributed by atoms with E-state index in [0.29, 0.717) is 29.2 Å². The van der Waals surface area contributed by atoms with Crippen LogP contribution < -0.4 is 20.1 Å². The number of nitrogens with zero attached hydrogens (tertiary/aromatic N) is 1. The number of anilines is 1. The van der Waals surface area contributed by atoms with Crippen LogP contribution in [0.1, 0.15) is 19.4 Å². The molecule has 0 spiro atoms. The van der Waals surface area contributed by atoms with E-state index in [2.05, 4.69) is 15.6 Å². The number of carbonyl (C=O) groups excluding carboxylic acids is 2. The Hall–Kier alpha value is -3.81. The average Bonchev–Trinajstić information content (AvgIpc) is 3.27. The molecular weight excluding hydrogens is 398 g/mol. The first kappa shape index (κ1) is 21.9. The average molecular weight is 423 g/mol. The molecule has 3 aromatic rings. The molecule has 162 valence electrons. The predicted molar refractivity (Wildman–Crippen MR) is 116 cm³/mol. The molecule has 0 aliphatic carbocycles. The van der Waals surface area contributed by atoms with Gasteiger partial charge < -0.3 is 24.5 Å². The first-order valence-corrected chi connectivity index (χ1v) is 9.64. The lowest BCUT2D eigenvalue weighted by Gasteiger charge is -2.26. The van der Waals surface area contributed by atoms with Crippen LogP contribution in [0.4, 0.5) is 5.69 Å². The van der Waals surface area contributed by atoms with Crippen molar-refractivity contribution in [3.63, 3.8) is 0 Å². The zero-order valence-corrected chi connectivity index (χ0v) is 17.9. The van der Waals surface area contributed by atoms with Crippen LogP contribution in [0.3, 0.4) is 0 Å². The van der Waals surface area contributed by atoms with Crippen molar-refractivity contribution in [2.45, 2.75) is 25.8 Å². The second kappa shape index (κ2) is 9.34. The molecular formula is C23H25N3O5. The fraction of sp³-hybridized carbons (Fsp3) is 0.261. The molecule has 0 atom stereocenters. The summed E-state index contributed by atoms with van der Waals surface area (Å²) >= 11 is 0. The van der Waals surface area contributed by atoms with Crippen molar-refractivity contribution in [3.05, 3.63) is 60.6 Å². The summed E-state index contributed by atoms with van der Waals surface area (Å²) in [5.74, 6) is 0.250. The van der Waals surface area contributed by atoms with Gasteiger partial charge in [0.05, 0.1) is 26.0 Å². The predicted octanol–water partition coefficient (Wildman–Crippen LogP) is 3.43. The summed E-state index contributed by atoms with van der Waals surface area (Å²) in [6.07, 6.45) is 3.42. The normalized spacial score (nSPS) is 11.0. The van der Waals surface area contributed by atoms with Crippen molar-refractivity contribution in [2.75, 3.05) is 19.5 Å². The van der Waals surface area contributed by atoms with E-state index in [0.717, 1.165) is 11.3 Å². The van der Waals surface area contributed by atoms with E-state index >= 15 is 0 Å². The van der Waals surface area contributed by atoms with E-state index in [1.807, 2.05) is 38.1 Å². The minimum Gasteiger partial charge on any atom is -0.497 e. The number of aromatic nitrogens is 1. The molecule has 2 N–H and O–H groups in total. The molecule has 0 saturated heterocycles. The van der Waals surface area contributed by atoms with Crippen LogP contribution in [-0.2, 0) is 16.0 Å². The molecule has 31 heavy (non-hydrogen) atoms. The second-order valence-electron chi connectivity index (χ2n) is 7.60. The van der Waals surface area contributed by atoms with E-state index in [4.69, 9.17) is 13.9 Å². The molecule has 0 aliphatic rings. The van der Waals surface area contributed by atoms with Crippen LogP contribution in [0.5, 0.6) is 11.5 Å². The van der Waals surface area contributed by atoms with Gasteiger partial charge in [-0.05, 0) is 50.1 Å². The topological polar surface area (TPSA) is 103 Å². The number of amides is 2. The molecule has 0 bridgehead atoms. The van der Waals surface area contributed by atoms with E-state index in [1.165, 1.54) is 13.5 Å². The van der Waals surface area contributed by atoms with Gasteiger partial charge in [-0.15, -0.1) is 0 Å². The summed E-state index contributed by atoms with van der Waals surface area (Å²) in [6, 6.07) is 12.6. The maximum Gasteiger partial charge on any atom is 0.313 e. The third-order valence-electron chi connectivity index (χ3n) is 4.60. The fourth-order valence-electron chi connectivity index (χ4n) is 3.21. The number of methoxy groups -OCH3 is 2. The molecule has 2 amide bonds. The van der Waals surface area contributed by atoms with Gasteiger partial charge in [-0.25, -0.2) is 4.98 Å². The van der Waals surface area contributed by atoms with Crippen LogP contribution in [0, 0.1) is 0 Å². The monoisotopic (exact) mass is 423 g/mol. The SMILES string of the molecule is COc1cccc(CC(C)(C)NC(=O)C(=O)Nc2ccc(-c3cnco3)c(OC)c2)c1. The molecule has 0 saturated carbocycles. The molecule has 8 heteroatoms. The minimum absolute atomic E-state index is 0.422. The first-order valence-electron chi connectivity index (χ1n) is 9.64. The van der Waals surface area contributed by atoms with Gasteiger partial charge in [0, 0.05) is 17.3 Å². The second-order valence-corrected chi connectivity index (χ2v) is 7.60. The lowest BCUT2D eigenvalue weighted by molar-refractivity contribution is -0.137. The Labute approximate surface area is 180 Å². The van der Waals surface area contributed by atoms with Crippen LogP contribution >= 0.6 is 0 Å². The summed E-state index contributed by atoms with van der Waals surface area (Å²) in [6.45, 7) is 3.71. The number of benzene rings is 2. The fourth-order valence-corrected chi connectivity index (χ4v) is 3.21. The van der Waals surface area contributed by atoms with Crippen molar-refractivity contribution in [3.8, 4) is 22.8 Å². The standard InChI is InChI=1S/C23H25N3O5/c1-23(2,12-15-6-5-7-17(10-15)29-3)26-22(28)21(27)25-16-8-9-18(19(11-16)30-4)20-13-24-14-31-20/h5-11,13-14H,12H2,1-4H3,(H,25,27)(H,26,28). The lowest BCUT2D eigenvalue weighted by atomic mass is 9.94. The summed E-state index contributed by atoms with van der Waals surface area (Å²) in [5, 5.41) is 5.37. The molecule has 0 radical (unpaired) electrons. The van der Waals surface area contributed by atoms with E-state index in [-0.39, 0.29) is 0 Å². The van der Waals surface area contributed by atoms with Gasteiger partial charge in [-0.2, -0.15) is 0 Å². The van der Waals surface area contributed by atoms with Gasteiger partial charge in [-0.3, -0.25) is 9.59 Å². The third kappa shape index (κ3) is 5.63. The maximum absolute atomic E-state index is 12.5. The minimum atomic E-state index is -0.770. The third-order valence-corrected chi connectivity index (χ3v) is 4.60. The van der Waals surface area contributed by atoms with Crippen molar-refractivity contribution in [2.24, 2.45) is 0 Å². The van der Waals surface area contributed by atoms with Crippen LogP contribution in [-0.4, -0.2) is 36.6 Å². The number of rotatable bonds is 7. The summed E-state index contributed by atoms with van der Waals surface area (Å²) in [7, 11) is 3.11. The van der Waals surface area contributed by atoms with Crippen molar-refractivity contribution >= 4 is 17.5 Å². The van der Waals surface area contributed by atoms with Crippen molar-refractivity contribution < 1.29 is 23.5 Å². The highest BCUT2D eigenvalue weighted by Gasteiger charge is 2.25. The molecule has 0 aliphatic heterocycles. The van der Waals surface area contributed by atoms with Gasteiger partial charge in [0.15, 0.2) is 12.2 Å². The molecule has 1 heterocycles. The zero-order chi connectivity index (χ0) is 22.4. The quantitative estimate of drug-likeness (QED) is 0.565. The van der Waals surface area contributed by atoms with Crippen molar-refractivity contribution in [1.29, 1.82) is 0 Å². The Balaban J connectivity index is 1.65. The Morgan fingerprint density at radius 1 is 1.06 bits per heavy atom. The van der Waals surface area contributed by atoms with Crippen LogP contribution in [0.2, 0.25) is 0 Å². The zero-order valence-electron chi connectivity index (χ0n) is 17.9. The van der Waals surface area contributed by atoms with Crippen molar-refractivity contribution in [1.82, 2.24) is 10.3 Å². The number of carbonyl (C=O) groups is 2. The molecule has 0 fully saturated rings. The van der Waals surface area contributed by atoms with Gasteiger partial charge in [0.25, 0.3) is 0 Å².